The van der Waals surface area contributed by atoms with Crippen molar-refractivity contribution in [3.8, 4) is 17.2 Å². The van der Waals surface area contributed by atoms with Crippen molar-refractivity contribution >= 4 is 82.7 Å². The van der Waals surface area contributed by atoms with Crippen LogP contribution in [-0.4, -0.2) is 19.1 Å². The zero-order chi connectivity index (χ0) is 31.5. The predicted molar refractivity (Wildman–Crippen MR) is 201 cm³/mol. The lowest BCUT2D eigenvalue weighted by Crippen LogP contribution is -2.05. The Morgan fingerprint density at radius 1 is 0.604 bits per heavy atom. The summed E-state index contributed by atoms with van der Waals surface area (Å²) in [5.74, 6) is 1.19. The van der Waals surface area contributed by atoms with E-state index in [1.165, 1.54) is 58.8 Å². The number of hydrogen-bond acceptors (Lipinski definition) is 3. The first-order chi connectivity index (χ1) is 23.7. The normalized spacial score (nSPS) is 15.7. The third-order valence-corrected chi connectivity index (χ3v) is 11.3. The molecule has 1 aliphatic carbocycles. The summed E-state index contributed by atoms with van der Waals surface area (Å²) in [4.78, 5) is 13.1. The summed E-state index contributed by atoms with van der Waals surface area (Å²) in [5.41, 5.74) is 9.08. The summed E-state index contributed by atoms with van der Waals surface area (Å²) in [6.07, 6.45) is 8.10. The van der Waals surface area contributed by atoms with E-state index in [1.54, 1.807) is 11.8 Å². The third kappa shape index (κ3) is 3.51. The molecule has 3 aromatic heterocycles. The number of rotatable bonds is 2. The second-order valence-electron chi connectivity index (χ2n) is 13.0. The minimum atomic E-state index is 0.495. The molecule has 0 bridgehead atoms. The minimum Gasteiger partial charge on any atom is -0.309 e. The fraction of sp³-hybridized carbons (Fsp3) is 0.0698. The Hall–Kier alpha value is -5.65. The van der Waals surface area contributed by atoms with E-state index >= 15 is 0 Å². The smallest absolute Gasteiger partial charge is 0.235 e. The molecule has 0 unspecified atom stereocenters. The van der Waals surface area contributed by atoms with Crippen LogP contribution in [0, 0.1) is 5.92 Å². The van der Waals surface area contributed by atoms with Crippen molar-refractivity contribution in [2.45, 2.75) is 23.1 Å². The predicted octanol–water partition coefficient (Wildman–Crippen LogP) is 11.6. The maximum Gasteiger partial charge on any atom is 0.235 e. The van der Waals surface area contributed by atoms with Crippen LogP contribution < -0.4 is 0 Å². The van der Waals surface area contributed by atoms with Crippen LogP contribution >= 0.6 is 11.8 Å². The van der Waals surface area contributed by atoms with Crippen LogP contribution in [0.25, 0.3) is 88.2 Å². The van der Waals surface area contributed by atoms with Gasteiger partial charge in [0.2, 0.25) is 5.95 Å². The second kappa shape index (κ2) is 9.69. The van der Waals surface area contributed by atoms with E-state index in [2.05, 4.69) is 150 Å². The average Bonchev–Trinajstić information content (AvgIpc) is 3.65. The second-order valence-corrected chi connectivity index (χ2v) is 14.1. The van der Waals surface area contributed by atoms with Crippen molar-refractivity contribution in [2.24, 2.45) is 5.92 Å². The van der Waals surface area contributed by atoms with Crippen molar-refractivity contribution in [3.05, 3.63) is 133 Å². The molecule has 2 aliphatic rings. The van der Waals surface area contributed by atoms with E-state index in [1.807, 2.05) is 0 Å². The molecule has 5 heteroatoms. The highest BCUT2D eigenvalue weighted by Gasteiger charge is 2.25. The first kappa shape index (κ1) is 26.4. The first-order valence-corrected chi connectivity index (χ1v) is 17.4. The topological polar surface area (TPSA) is 35.6 Å². The maximum absolute atomic E-state index is 5.38. The van der Waals surface area contributed by atoms with Crippen LogP contribution in [0.1, 0.15) is 13.3 Å². The van der Waals surface area contributed by atoms with Crippen LogP contribution in [0.15, 0.2) is 143 Å². The molecule has 0 spiro atoms. The van der Waals surface area contributed by atoms with Crippen molar-refractivity contribution in [1.29, 1.82) is 0 Å². The SMILES string of the molecule is C[C@H]1C=C(n2c3ccccc3c3ccc4c(ccc5c4c4ccccc4n5-c4nc5c6c(cccc6n4)Sc4ccccc4-5)c32)C=CC1. The van der Waals surface area contributed by atoms with Crippen LogP contribution in [0.2, 0.25) is 0 Å². The number of aromatic nitrogens is 4. The molecule has 0 fully saturated rings. The van der Waals surface area contributed by atoms with E-state index in [4.69, 9.17) is 9.97 Å². The standard InChI is InChI=1S/C43H28N4S/c1-25-10-8-11-26(24-25)46-34-16-5-2-12-27(34)29-21-20-28-30(42(29)46)22-23-36-39(28)31-13-3-6-17-35(31)47(36)43-44-33-15-9-19-38-40(33)41(45-43)32-14-4-7-18-37(32)48-38/h2-9,11-25H,10H2,1H3/t25-/m1/s1. The van der Waals surface area contributed by atoms with Gasteiger partial charge in [0.15, 0.2) is 0 Å². The fourth-order valence-electron chi connectivity index (χ4n) is 8.17. The van der Waals surface area contributed by atoms with Gasteiger partial charge in [-0.2, -0.15) is 0 Å². The van der Waals surface area contributed by atoms with E-state index < -0.39 is 0 Å². The molecule has 11 rings (SSSR count). The van der Waals surface area contributed by atoms with Crippen molar-refractivity contribution in [3.63, 3.8) is 0 Å². The van der Waals surface area contributed by atoms with Crippen molar-refractivity contribution in [2.75, 3.05) is 0 Å². The van der Waals surface area contributed by atoms with Gasteiger partial charge in [-0.15, -0.1) is 0 Å². The highest BCUT2D eigenvalue weighted by Crippen LogP contribution is 2.48. The molecule has 0 saturated carbocycles. The Bertz CT molecular complexity index is 2920. The van der Waals surface area contributed by atoms with Crippen molar-refractivity contribution < 1.29 is 0 Å². The number of hydrogen-bond donors (Lipinski definition) is 0. The maximum atomic E-state index is 5.38. The number of fused-ring (bicyclic) bond motifs is 11. The van der Waals surface area contributed by atoms with Gasteiger partial charge in [0.05, 0.1) is 33.3 Å². The van der Waals surface area contributed by atoms with Crippen molar-refractivity contribution in [1.82, 2.24) is 19.1 Å². The lowest BCUT2D eigenvalue weighted by molar-refractivity contribution is 0.735. The highest BCUT2D eigenvalue weighted by atomic mass is 32.2. The molecule has 226 valence electrons. The lowest BCUT2D eigenvalue weighted by Gasteiger charge is -2.20. The Balaban J connectivity index is 1.26. The highest BCUT2D eigenvalue weighted by molar-refractivity contribution is 7.99. The van der Waals surface area contributed by atoms with Gasteiger partial charge >= 0.3 is 0 Å². The molecule has 1 aliphatic heterocycles. The molecule has 4 heterocycles. The summed E-state index contributed by atoms with van der Waals surface area (Å²) in [5, 5.41) is 8.60. The summed E-state index contributed by atoms with van der Waals surface area (Å²) < 4.78 is 4.75. The zero-order valence-corrected chi connectivity index (χ0v) is 27.0. The van der Waals surface area contributed by atoms with Crippen LogP contribution in [0.4, 0.5) is 0 Å². The van der Waals surface area contributed by atoms with E-state index in [9.17, 15) is 0 Å². The van der Waals surface area contributed by atoms with Gasteiger partial charge in [-0.25, -0.2) is 9.97 Å². The monoisotopic (exact) mass is 632 g/mol. The average molecular weight is 633 g/mol. The number of allylic oxidation sites excluding steroid dienone is 4. The Morgan fingerprint density at radius 3 is 2.23 bits per heavy atom. The zero-order valence-electron chi connectivity index (χ0n) is 26.2. The number of para-hydroxylation sites is 2. The Kier molecular flexibility index (Phi) is 5.33. The number of benzene rings is 6. The number of nitrogens with zero attached hydrogens (tertiary/aromatic N) is 4. The molecular weight excluding hydrogens is 605 g/mol. The molecule has 0 amide bonds. The molecule has 4 nitrogen and oxygen atoms in total. The van der Waals surface area contributed by atoms with E-state index in [0.717, 1.165) is 39.6 Å². The van der Waals surface area contributed by atoms with Gasteiger partial charge in [-0.3, -0.25) is 4.57 Å². The van der Waals surface area contributed by atoms with E-state index in [0.29, 0.717) is 11.9 Å². The van der Waals surface area contributed by atoms with Crippen LogP contribution in [0.5, 0.6) is 0 Å². The fourth-order valence-corrected chi connectivity index (χ4v) is 9.28. The summed E-state index contributed by atoms with van der Waals surface area (Å²) in [6, 6.07) is 41.8. The Morgan fingerprint density at radius 2 is 1.33 bits per heavy atom. The molecule has 0 N–H and O–H groups in total. The molecule has 9 aromatic rings. The summed E-state index contributed by atoms with van der Waals surface area (Å²) >= 11 is 1.80. The van der Waals surface area contributed by atoms with Gasteiger partial charge in [-0.05, 0) is 60.2 Å². The van der Waals surface area contributed by atoms with Crippen LogP contribution in [0.3, 0.4) is 0 Å². The minimum absolute atomic E-state index is 0.495. The largest absolute Gasteiger partial charge is 0.309 e. The molecular formula is C43H28N4S. The lowest BCUT2D eigenvalue weighted by atomic mass is 10.00. The molecule has 0 radical (unpaired) electrons. The molecule has 0 saturated heterocycles. The van der Waals surface area contributed by atoms with Gasteiger partial charge in [0.1, 0.15) is 0 Å². The van der Waals surface area contributed by atoms with Gasteiger partial charge in [0.25, 0.3) is 0 Å². The molecule has 48 heavy (non-hydrogen) atoms. The summed E-state index contributed by atoms with van der Waals surface area (Å²) in [7, 11) is 0. The third-order valence-electron chi connectivity index (χ3n) is 10.2. The molecule has 6 aromatic carbocycles. The van der Waals surface area contributed by atoms with Gasteiger partial charge in [-0.1, -0.05) is 110 Å². The molecule has 1 atom stereocenters. The van der Waals surface area contributed by atoms with Crippen LogP contribution in [-0.2, 0) is 0 Å². The first-order valence-electron chi connectivity index (χ1n) is 16.6. The van der Waals surface area contributed by atoms with Gasteiger partial charge in [0, 0.05) is 53.4 Å². The quantitative estimate of drug-likeness (QED) is 0.190. The van der Waals surface area contributed by atoms with Gasteiger partial charge < -0.3 is 4.57 Å². The summed E-state index contributed by atoms with van der Waals surface area (Å²) in [6.45, 7) is 2.30. The Labute approximate surface area is 280 Å². The van der Waals surface area contributed by atoms with E-state index in [-0.39, 0.29) is 0 Å².